The second kappa shape index (κ2) is 4.34. The molecule has 0 aliphatic rings. The van der Waals surface area contributed by atoms with E-state index in [-0.39, 0.29) is 11.3 Å². The third-order valence-corrected chi connectivity index (χ3v) is 1.81. The molecule has 6 heteroatoms. The molecule has 0 aliphatic carbocycles. The molecule has 1 aromatic rings. The van der Waals surface area contributed by atoms with Crippen molar-refractivity contribution in [2.24, 2.45) is 0 Å². The summed E-state index contributed by atoms with van der Waals surface area (Å²) in [6, 6.07) is 1.73. The number of alkyl halides is 3. The third-order valence-electron chi connectivity index (χ3n) is 1.81. The number of hydrogen-bond donors (Lipinski definition) is 0. The van der Waals surface area contributed by atoms with Gasteiger partial charge in [-0.15, -0.1) is 0 Å². The summed E-state index contributed by atoms with van der Waals surface area (Å²) in [5, 5.41) is 0. The molecule has 0 fully saturated rings. The van der Waals surface area contributed by atoms with Crippen LogP contribution < -0.4 is 0 Å². The molecule has 0 amide bonds. The summed E-state index contributed by atoms with van der Waals surface area (Å²) < 4.78 is 41.3. The van der Waals surface area contributed by atoms with E-state index in [0.29, 0.717) is 0 Å². The first-order chi connectivity index (χ1) is 7.40. The van der Waals surface area contributed by atoms with Gasteiger partial charge < -0.3 is 4.74 Å². The number of halogens is 3. The van der Waals surface area contributed by atoms with E-state index in [1.165, 1.54) is 0 Å². The topological polar surface area (TPSA) is 39.2 Å². The van der Waals surface area contributed by atoms with Crippen LogP contribution in [0, 0.1) is 0 Å². The van der Waals surface area contributed by atoms with Gasteiger partial charge in [0.2, 0.25) is 0 Å². The Bertz CT molecular complexity index is 427. The van der Waals surface area contributed by atoms with Crippen LogP contribution in [0.2, 0.25) is 0 Å². The van der Waals surface area contributed by atoms with Gasteiger partial charge in [-0.05, 0) is 18.2 Å². The van der Waals surface area contributed by atoms with Crippen LogP contribution in [0.25, 0.3) is 6.08 Å². The number of carbonyl (C=O) groups is 1. The van der Waals surface area contributed by atoms with Crippen molar-refractivity contribution in [3.05, 3.63) is 35.7 Å². The molecular formula is C10H8F3NO2. The zero-order valence-corrected chi connectivity index (χ0v) is 8.34. The zero-order valence-electron chi connectivity index (χ0n) is 8.34. The van der Waals surface area contributed by atoms with Crippen molar-refractivity contribution < 1.29 is 22.7 Å². The van der Waals surface area contributed by atoms with Gasteiger partial charge in [-0.1, -0.05) is 6.58 Å². The highest BCUT2D eigenvalue weighted by atomic mass is 19.4. The normalized spacial score (nSPS) is 11.0. The van der Waals surface area contributed by atoms with E-state index in [2.05, 4.69) is 16.3 Å². The lowest BCUT2D eigenvalue weighted by Crippen LogP contribution is -2.12. The highest BCUT2D eigenvalue weighted by molar-refractivity contribution is 5.92. The van der Waals surface area contributed by atoms with Gasteiger partial charge in [0.25, 0.3) is 0 Å². The predicted molar refractivity (Wildman–Crippen MR) is 50.7 cm³/mol. The lowest BCUT2D eigenvalue weighted by atomic mass is 10.1. The molecule has 0 N–H and O–H groups in total. The average molecular weight is 231 g/mol. The first kappa shape index (κ1) is 12.2. The number of carbonyl (C=O) groups excluding carboxylic acids is 1. The van der Waals surface area contributed by atoms with E-state index in [1.807, 2.05) is 0 Å². The Morgan fingerprint density at radius 1 is 1.50 bits per heavy atom. The van der Waals surface area contributed by atoms with E-state index in [0.717, 1.165) is 25.3 Å². The second-order valence-electron chi connectivity index (χ2n) is 2.82. The Labute approximate surface area is 89.6 Å². The van der Waals surface area contributed by atoms with E-state index in [9.17, 15) is 18.0 Å². The second-order valence-corrected chi connectivity index (χ2v) is 2.82. The van der Waals surface area contributed by atoms with Gasteiger partial charge in [0, 0.05) is 0 Å². The summed E-state index contributed by atoms with van der Waals surface area (Å²) in [6.07, 6.45) is -3.48. The van der Waals surface area contributed by atoms with E-state index < -0.39 is 17.8 Å². The number of hydrogen-bond acceptors (Lipinski definition) is 3. The van der Waals surface area contributed by atoms with Crippen LogP contribution in [0.3, 0.4) is 0 Å². The standard InChI is InChI=1S/C10H8F3NO2/c1-3-7-6(9(15)16-2)4-5-8(14-7)10(11,12)13/h3-5H,1H2,2H3. The molecule has 86 valence electrons. The highest BCUT2D eigenvalue weighted by Gasteiger charge is 2.33. The number of nitrogens with zero attached hydrogens (tertiary/aromatic N) is 1. The molecule has 0 spiro atoms. The van der Waals surface area contributed by atoms with Gasteiger partial charge >= 0.3 is 12.1 Å². The molecule has 0 saturated carbocycles. The third kappa shape index (κ3) is 2.39. The van der Waals surface area contributed by atoms with Gasteiger partial charge in [0.15, 0.2) is 0 Å². The van der Waals surface area contributed by atoms with Gasteiger partial charge in [-0.2, -0.15) is 13.2 Å². The van der Waals surface area contributed by atoms with Crippen molar-refractivity contribution in [2.45, 2.75) is 6.18 Å². The van der Waals surface area contributed by atoms with Gasteiger partial charge in [-0.3, -0.25) is 0 Å². The van der Waals surface area contributed by atoms with Crippen LogP contribution in [0.1, 0.15) is 21.7 Å². The molecule has 1 heterocycles. The van der Waals surface area contributed by atoms with Crippen molar-refractivity contribution in [3.63, 3.8) is 0 Å². The van der Waals surface area contributed by atoms with Crippen molar-refractivity contribution in [3.8, 4) is 0 Å². The Kier molecular flexibility index (Phi) is 3.31. The molecule has 0 atom stereocenters. The van der Waals surface area contributed by atoms with Crippen molar-refractivity contribution in [1.29, 1.82) is 0 Å². The molecule has 0 radical (unpaired) electrons. The predicted octanol–water partition coefficient (Wildman–Crippen LogP) is 2.53. The Hall–Kier alpha value is -1.85. The Morgan fingerprint density at radius 3 is 2.56 bits per heavy atom. The van der Waals surface area contributed by atoms with Gasteiger partial charge in [0.1, 0.15) is 5.69 Å². The fraction of sp³-hybridized carbons (Fsp3) is 0.200. The van der Waals surface area contributed by atoms with Crippen LogP contribution in [-0.4, -0.2) is 18.1 Å². The lowest BCUT2D eigenvalue weighted by Gasteiger charge is -2.08. The summed E-state index contributed by atoms with van der Waals surface area (Å²) in [4.78, 5) is 14.5. The zero-order chi connectivity index (χ0) is 12.3. The van der Waals surface area contributed by atoms with Crippen molar-refractivity contribution in [1.82, 2.24) is 4.98 Å². The van der Waals surface area contributed by atoms with Crippen LogP contribution in [0.4, 0.5) is 13.2 Å². The first-order valence-corrected chi connectivity index (χ1v) is 4.19. The SMILES string of the molecule is C=Cc1nc(C(F)(F)F)ccc1C(=O)OC. The maximum atomic E-state index is 12.3. The summed E-state index contributed by atoms with van der Waals surface area (Å²) in [5.74, 6) is -0.754. The fourth-order valence-electron chi connectivity index (χ4n) is 1.07. The summed E-state index contributed by atoms with van der Waals surface area (Å²) >= 11 is 0. The van der Waals surface area contributed by atoms with E-state index in [1.54, 1.807) is 0 Å². The average Bonchev–Trinajstić information content (AvgIpc) is 2.26. The lowest BCUT2D eigenvalue weighted by molar-refractivity contribution is -0.141. The van der Waals surface area contributed by atoms with E-state index >= 15 is 0 Å². The molecule has 1 aromatic heterocycles. The molecule has 0 bridgehead atoms. The Morgan fingerprint density at radius 2 is 2.12 bits per heavy atom. The van der Waals surface area contributed by atoms with Crippen LogP contribution in [0.15, 0.2) is 18.7 Å². The molecule has 1 rings (SSSR count). The van der Waals surface area contributed by atoms with Crippen molar-refractivity contribution >= 4 is 12.0 Å². The number of ether oxygens (including phenoxy) is 1. The van der Waals surface area contributed by atoms with Crippen LogP contribution >= 0.6 is 0 Å². The monoisotopic (exact) mass is 231 g/mol. The molecule has 0 saturated heterocycles. The van der Waals surface area contributed by atoms with Crippen LogP contribution in [-0.2, 0) is 10.9 Å². The summed E-state index contributed by atoms with van der Waals surface area (Å²) in [6.45, 7) is 3.29. The Balaban J connectivity index is 3.27. The maximum absolute atomic E-state index is 12.3. The summed E-state index contributed by atoms with van der Waals surface area (Å²) in [5.41, 5.74) is -1.28. The number of esters is 1. The molecule has 0 aromatic carbocycles. The number of rotatable bonds is 2. The molecule has 16 heavy (non-hydrogen) atoms. The minimum atomic E-state index is -4.55. The maximum Gasteiger partial charge on any atom is 0.433 e. The van der Waals surface area contributed by atoms with Crippen molar-refractivity contribution in [2.75, 3.05) is 7.11 Å². The quantitative estimate of drug-likeness (QED) is 0.734. The first-order valence-electron chi connectivity index (χ1n) is 4.19. The highest BCUT2D eigenvalue weighted by Crippen LogP contribution is 2.28. The molecular weight excluding hydrogens is 223 g/mol. The summed E-state index contributed by atoms with van der Waals surface area (Å²) in [7, 11) is 1.13. The van der Waals surface area contributed by atoms with Gasteiger partial charge in [0.05, 0.1) is 18.4 Å². The number of pyridine rings is 1. The van der Waals surface area contributed by atoms with Crippen LogP contribution in [0.5, 0.6) is 0 Å². The number of aromatic nitrogens is 1. The smallest absolute Gasteiger partial charge is 0.433 e. The molecule has 0 aliphatic heterocycles. The van der Waals surface area contributed by atoms with E-state index in [4.69, 9.17) is 0 Å². The number of methoxy groups -OCH3 is 1. The molecule has 0 unspecified atom stereocenters. The molecule has 3 nitrogen and oxygen atoms in total. The largest absolute Gasteiger partial charge is 0.465 e. The minimum Gasteiger partial charge on any atom is -0.465 e. The van der Waals surface area contributed by atoms with Gasteiger partial charge in [-0.25, -0.2) is 9.78 Å². The minimum absolute atomic E-state index is 0.0505. The fourth-order valence-corrected chi connectivity index (χ4v) is 1.07.